The molecule has 1 aromatic rings. The van der Waals surface area contributed by atoms with Gasteiger partial charge in [-0.05, 0) is 39.2 Å². The fraction of sp³-hybridized carbons (Fsp3) is 0.500. The van der Waals surface area contributed by atoms with Gasteiger partial charge in [-0.15, -0.1) is 0 Å². The number of nitrogen functional groups attached to an aromatic ring is 1. The largest absolute Gasteiger partial charge is 0.369 e. The summed E-state index contributed by atoms with van der Waals surface area (Å²) in [5.74, 6) is 5.32. The van der Waals surface area contributed by atoms with E-state index in [-0.39, 0.29) is 5.69 Å². The van der Waals surface area contributed by atoms with Crippen molar-refractivity contribution in [3.8, 4) is 0 Å². The Balaban J connectivity index is 2.89. The second-order valence-electron chi connectivity index (χ2n) is 4.65. The van der Waals surface area contributed by atoms with E-state index in [1.807, 2.05) is 26.0 Å². The van der Waals surface area contributed by atoms with E-state index in [4.69, 9.17) is 5.84 Å². The van der Waals surface area contributed by atoms with Crippen molar-refractivity contribution in [1.29, 1.82) is 0 Å². The molecule has 0 unspecified atom stereocenters. The molecule has 0 aromatic heterocycles. The van der Waals surface area contributed by atoms with Crippen molar-refractivity contribution in [3.63, 3.8) is 0 Å². The summed E-state index contributed by atoms with van der Waals surface area (Å²) in [4.78, 5) is 14.7. The third-order valence-corrected chi connectivity index (χ3v) is 2.86. The van der Waals surface area contributed by atoms with Crippen molar-refractivity contribution in [1.82, 2.24) is 4.90 Å². The Morgan fingerprint density at radius 1 is 1.32 bits per heavy atom. The maximum Gasteiger partial charge on any atom is 0.316 e. The Hall–Kier alpha value is -1.86. The van der Waals surface area contributed by atoms with E-state index < -0.39 is 4.92 Å². The highest BCUT2D eigenvalue weighted by Gasteiger charge is 2.21. The fourth-order valence-corrected chi connectivity index (χ4v) is 1.89. The molecule has 7 nitrogen and oxygen atoms in total. The van der Waals surface area contributed by atoms with Crippen LogP contribution in [0.1, 0.15) is 6.42 Å². The fourth-order valence-electron chi connectivity index (χ4n) is 1.89. The second kappa shape index (κ2) is 6.91. The molecule has 0 aliphatic heterocycles. The quantitative estimate of drug-likeness (QED) is 0.439. The SMILES string of the molecule is CN(C)CCCN(C)c1cccc(NN)c1[N+](=O)[O-]. The predicted octanol–water partition coefficient (Wildman–Crippen LogP) is 1.27. The first-order chi connectivity index (χ1) is 8.97. The molecule has 1 aromatic carbocycles. The van der Waals surface area contributed by atoms with Crippen molar-refractivity contribution >= 4 is 17.1 Å². The molecule has 1 rings (SSSR count). The van der Waals surface area contributed by atoms with Crippen LogP contribution in [-0.4, -0.2) is 44.1 Å². The van der Waals surface area contributed by atoms with Gasteiger partial charge in [-0.25, -0.2) is 0 Å². The zero-order valence-corrected chi connectivity index (χ0v) is 11.6. The van der Waals surface area contributed by atoms with Gasteiger partial charge >= 0.3 is 5.69 Å². The molecule has 0 atom stereocenters. The lowest BCUT2D eigenvalue weighted by Crippen LogP contribution is -2.24. The van der Waals surface area contributed by atoms with Crippen LogP contribution < -0.4 is 16.2 Å². The van der Waals surface area contributed by atoms with Gasteiger partial charge in [-0.2, -0.15) is 0 Å². The van der Waals surface area contributed by atoms with Crippen LogP contribution in [-0.2, 0) is 0 Å². The number of anilines is 2. The van der Waals surface area contributed by atoms with E-state index >= 15 is 0 Å². The first kappa shape index (κ1) is 15.2. The summed E-state index contributed by atoms with van der Waals surface area (Å²) in [7, 11) is 5.85. The van der Waals surface area contributed by atoms with Gasteiger partial charge < -0.3 is 15.2 Å². The highest BCUT2D eigenvalue weighted by atomic mass is 16.6. The topological polar surface area (TPSA) is 87.7 Å². The summed E-state index contributed by atoms with van der Waals surface area (Å²) in [5, 5.41) is 11.2. The molecule has 0 amide bonds. The van der Waals surface area contributed by atoms with Gasteiger partial charge in [0.2, 0.25) is 0 Å². The van der Waals surface area contributed by atoms with Gasteiger partial charge in [-0.1, -0.05) is 6.07 Å². The summed E-state index contributed by atoms with van der Waals surface area (Å²) in [6.45, 7) is 1.68. The number of nitro benzene ring substituents is 1. The molecule has 0 heterocycles. The molecule has 0 radical (unpaired) electrons. The number of nitrogens with two attached hydrogens (primary N) is 1. The molecule has 106 valence electrons. The van der Waals surface area contributed by atoms with Crippen molar-refractivity contribution in [3.05, 3.63) is 28.3 Å². The average Bonchev–Trinajstić information content (AvgIpc) is 2.36. The van der Waals surface area contributed by atoms with E-state index in [0.29, 0.717) is 11.4 Å². The maximum absolute atomic E-state index is 11.2. The van der Waals surface area contributed by atoms with Crippen LogP contribution in [0.2, 0.25) is 0 Å². The minimum atomic E-state index is -0.410. The Bertz CT molecular complexity index is 436. The highest BCUT2D eigenvalue weighted by Crippen LogP contribution is 2.34. The van der Waals surface area contributed by atoms with E-state index in [9.17, 15) is 10.1 Å². The number of hydrogen-bond acceptors (Lipinski definition) is 6. The lowest BCUT2D eigenvalue weighted by atomic mass is 10.2. The summed E-state index contributed by atoms with van der Waals surface area (Å²) in [6, 6.07) is 5.07. The standard InChI is InChI=1S/C12H21N5O2/c1-15(2)8-5-9-16(3)11-7-4-6-10(14-13)12(11)17(18)19/h4,6-7,14H,5,8-9,13H2,1-3H3. The maximum atomic E-state index is 11.2. The smallest absolute Gasteiger partial charge is 0.316 e. The molecule has 0 aliphatic carbocycles. The summed E-state index contributed by atoms with van der Waals surface area (Å²) in [5.41, 5.74) is 3.27. The van der Waals surface area contributed by atoms with Crippen LogP contribution >= 0.6 is 0 Å². The Morgan fingerprint density at radius 3 is 2.53 bits per heavy atom. The number of hydrazine groups is 1. The number of benzene rings is 1. The van der Waals surface area contributed by atoms with Gasteiger partial charge in [0.15, 0.2) is 0 Å². The zero-order chi connectivity index (χ0) is 14.4. The average molecular weight is 267 g/mol. The molecule has 7 heteroatoms. The monoisotopic (exact) mass is 267 g/mol. The molecule has 0 aliphatic rings. The van der Waals surface area contributed by atoms with Crippen LogP contribution in [0.25, 0.3) is 0 Å². The molecule has 3 N–H and O–H groups in total. The van der Waals surface area contributed by atoms with Gasteiger partial charge in [0.25, 0.3) is 0 Å². The Kier molecular flexibility index (Phi) is 5.53. The van der Waals surface area contributed by atoms with Crippen molar-refractivity contribution in [2.75, 3.05) is 44.6 Å². The zero-order valence-electron chi connectivity index (χ0n) is 11.6. The first-order valence-corrected chi connectivity index (χ1v) is 6.07. The second-order valence-corrected chi connectivity index (χ2v) is 4.65. The summed E-state index contributed by atoms with van der Waals surface area (Å²) < 4.78 is 0. The first-order valence-electron chi connectivity index (χ1n) is 6.07. The molecule has 19 heavy (non-hydrogen) atoms. The number of para-hydroxylation sites is 1. The van der Waals surface area contributed by atoms with Crippen LogP contribution in [0, 0.1) is 10.1 Å². The predicted molar refractivity (Wildman–Crippen MR) is 77.3 cm³/mol. The summed E-state index contributed by atoms with van der Waals surface area (Å²) >= 11 is 0. The van der Waals surface area contributed by atoms with Crippen LogP contribution in [0.15, 0.2) is 18.2 Å². The third kappa shape index (κ3) is 4.08. The van der Waals surface area contributed by atoms with Gasteiger partial charge in [0.1, 0.15) is 11.4 Å². The van der Waals surface area contributed by atoms with Crippen LogP contribution in [0.3, 0.4) is 0 Å². The number of nitro groups is 1. The van der Waals surface area contributed by atoms with E-state index in [1.165, 1.54) is 0 Å². The number of hydrogen-bond donors (Lipinski definition) is 2. The lowest BCUT2D eigenvalue weighted by Gasteiger charge is -2.21. The minimum absolute atomic E-state index is 0.0114. The molecule has 0 saturated carbocycles. The molecular formula is C12H21N5O2. The van der Waals surface area contributed by atoms with E-state index in [2.05, 4.69) is 10.3 Å². The van der Waals surface area contributed by atoms with Crippen LogP contribution in [0.4, 0.5) is 17.1 Å². The van der Waals surface area contributed by atoms with Crippen molar-refractivity contribution in [2.45, 2.75) is 6.42 Å². The number of nitrogens with zero attached hydrogens (tertiary/aromatic N) is 3. The van der Waals surface area contributed by atoms with Gasteiger partial charge in [0, 0.05) is 13.6 Å². The number of nitrogens with one attached hydrogen (secondary N) is 1. The van der Waals surface area contributed by atoms with Gasteiger partial charge in [-0.3, -0.25) is 16.0 Å². The highest BCUT2D eigenvalue weighted by molar-refractivity contribution is 5.76. The third-order valence-electron chi connectivity index (χ3n) is 2.86. The Labute approximate surface area is 113 Å². The molecule has 0 spiro atoms. The van der Waals surface area contributed by atoms with Crippen molar-refractivity contribution in [2.24, 2.45) is 5.84 Å². The van der Waals surface area contributed by atoms with E-state index in [1.54, 1.807) is 18.2 Å². The van der Waals surface area contributed by atoms with Gasteiger partial charge in [0.05, 0.1) is 4.92 Å². The van der Waals surface area contributed by atoms with Crippen LogP contribution in [0.5, 0.6) is 0 Å². The Morgan fingerprint density at radius 2 is 2.00 bits per heavy atom. The molecular weight excluding hydrogens is 246 g/mol. The molecule has 0 saturated heterocycles. The summed E-state index contributed by atoms with van der Waals surface area (Å²) in [6.07, 6.45) is 0.931. The minimum Gasteiger partial charge on any atom is -0.369 e. The molecule has 0 bridgehead atoms. The van der Waals surface area contributed by atoms with Crippen molar-refractivity contribution < 1.29 is 4.92 Å². The number of rotatable bonds is 7. The lowest BCUT2D eigenvalue weighted by molar-refractivity contribution is -0.383. The van der Waals surface area contributed by atoms with E-state index in [0.717, 1.165) is 19.5 Å². The normalized spacial score (nSPS) is 10.6. The molecule has 0 fully saturated rings.